The zero-order valence-electron chi connectivity index (χ0n) is 16.0. The van der Waals surface area contributed by atoms with Crippen LogP contribution in [0.25, 0.3) is 0 Å². The molecule has 9 nitrogen and oxygen atoms in total. The number of nitrogens with one attached hydrogen (secondary N) is 3. The first-order chi connectivity index (χ1) is 14.0. The quantitative estimate of drug-likeness (QED) is 0.481. The Bertz CT molecular complexity index is 878. The molecule has 0 aromatic heterocycles. The topological polar surface area (TPSA) is 128 Å². The predicted octanol–water partition coefficient (Wildman–Crippen LogP) is -0.708. The highest BCUT2D eigenvalue weighted by Gasteiger charge is 2.45. The molecule has 0 saturated carbocycles. The molecule has 154 valence electrons. The summed E-state index contributed by atoms with van der Waals surface area (Å²) in [4.78, 5) is 50.6. The third kappa shape index (κ3) is 3.45. The minimum absolute atomic E-state index is 0.0149. The number of imide groups is 2. The van der Waals surface area contributed by atoms with Crippen molar-refractivity contribution in [2.75, 3.05) is 19.7 Å². The van der Waals surface area contributed by atoms with Gasteiger partial charge in [0.1, 0.15) is 6.04 Å². The maximum atomic E-state index is 13.1. The first-order valence-corrected chi connectivity index (χ1v) is 9.86. The van der Waals surface area contributed by atoms with Crippen LogP contribution in [-0.4, -0.2) is 64.9 Å². The van der Waals surface area contributed by atoms with Crippen molar-refractivity contribution in [3.8, 4) is 0 Å². The highest BCUT2D eigenvalue weighted by Crippen LogP contribution is 2.30. The second-order valence-electron chi connectivity index (χ2n) is 7.83. The lowest BCUT2D eigenvalue weighted by Crippen LogP contribution is -2.55. The van der Waals surface area contributed by atoms with Crippen LogP contribution in [-0.2, 0) is 16.1 Å². The molecule has 0 bridgehead atoms. The van der Waals surface area contributed by atoms with Crippen molar-refractivity contribution in [3.63, 3.8) is 0 Å². The van der Waals surface area contributed by atoms with E-state index in [2.05, 4.69) is 16.0 Å². The van der Waals surface area contributed by atoms with Crippen LogP contribution < -0.4 is 16.0 Å². The van der Waals surface area contributed by atoms with Crippen LogP contribution in [0, 0.1) is 0 Å². The van der Waals surface area contributed by atoms with E-state index in [1.165, 1.54) is 0 Å². The van der Waals surface area contributed by atoms with Crippen molar-refractivity contribution >= 4 is 23.6 Å². The van der Waals surface area contributed by atoms with Gasteiger partial charge in [0.2, 0.25) is 11.8 Å². The molecular formula is C20H24N4O5. The van der Waals surface area contributed by atoms with Crippen molar-refractivity contribution in [1.29, 1.82) is 0 Å². The summed E-state index contributed by atoms with van der Waals surface area (Å²) in [6, 6.07) is 4.09. The molecule has 1 aromatic carbocycles. The van der Waals surface area contributed by atoms with E-state index in [1.807, 2.05) is 0 Å². The molecule has 3 aliphatic rings. The van der Waals surface area contributed by atoms with E-state index >= 15 is 0 Å². The summed E-state index contributed by atoms with van der Waals surface area (Å²) < 4.78 is 0. The molecule has 4 amide bonds. The molecule has 1 aromatic rings. The summed E-state index contributed by atoms with van der Waals surface area (Å²) in [6.07, 6.45) is 1.73. The Morgan fingerprint density at radius 3 is 2.59 bits per heavy atom. The van der Waals surface area contributed by atoms with Gasteiger partial charge in [0.05, 0.1) is 17.7 Å². The van der Waals surface area contributed by atoms with Gasteiger partial charge in [-0.05, 0) is 44.0 Å². The van der Waals surface area contributed by atoms with Gasteiger partial charge >= 0.3 is 0 Å². The number of fused-ring (bicyclic) bond motifs is 1. The van der Waals surface area contributed by atoms with Crippen molar-refractivity contribution in [3.05, 3.63) is 34.9 Å². The Labute approximate surface area is 167 Å². The third-order valence-electron chi connectivity index (χ3n) is 6.07. The largest absolute Gasteiger partial charge is 0.394 e. The number of piperidine rings is 2. The maximum Gasteiger partial charge on any atom is 0.262 e. The van der Waals surface area contributed by atoms with Crippen LogP contribution >= 0.6 is 0 Å². The average Bonchev–Trinajstić information content (AvgIpc) is 2.98. The fraction of sp³-hybridized carbons (Fsp3) is 0.500. The van der Waals surface area contributed by atoms with Crippen LogP contribution in [0.5, 0.6) is 0 Å². The predicted molar refractivity (Wildman–Crippen MR) is 102 cm³/mol. The van der Waals surface area contributed by atoms with Crippen molar-refractivity contribution in [1.82, 2.24) is 20.9 Å². The molecule has 1 atom stereocenters. The Balaban J connectivity index is 1.58. The van der Waals surface area contributed by atoms with E-state index in [1.54, 1.807) is 18.2 Å². The summed E-state index contributed by atoms with van der Waals surface area (Å²) in [6.45, 7) is 1.90. The second kappa shape index (κ2) is 7.66. The van der Waals surface area contributed by atoms with Gasteiger partial charge in [-0.15, -0.1) is 0 Å². The zero-order chi connectivity index (χ0) is 20.6. The minimum Gasteiger partial charge on any atom is -0.394 e. The summed E-state index contributed by atoms with van der Waals surface area (Å²) >= 11 is 0. The number of aliphatic hydroxyl groups excluding tert-OH is 1. The van der Waals surface area contributed by atoms with Crippen LogP contribution in [0.15, 0.2) is 18.2 Å². The number of nitrogens with zero attached hydrogens (tertiary/aromatic N) is 1. The number of aliphatic hydroxyl groups is 1. The van der Waals surface area contributed by atoms with E-state index < -0.39 is 35.2 Å². The minimum atomic E-state index is -0.978. The molecule has 3 aliphatic heterocycles. The van der Waals surface area contributed by atoms with Crippen molar-refractivity contribution in [2.45, 2.75) is 43.8 Å². The fourth-order valence-electron chi connectivity index (χ4n) is 4.31. The van der Waals surface area contributed by atoms with Gasteiger partial charge in [-0.1, -0.05) is 12.1 Å². The van der Waals surface area contributed by atoms with Gasteiger partial charge < -0.3 is 15.7 Å². The molecule has 29 heavy (non-hydrogen) atoms. The maximum absolute atomic E-state index is 13.1. The Kier molecular flexibility index (Phi) is 5.20. The van der Waals surface area contributed by atoms with Gasteiger partial charge in [0.25, 0.3) is 11.8 Å². The van der Waals surface area contributed by atoms with E-state index in [0.717, 1.165) is 30.8 Å². The molecule has 4 rings (SSSR count). The first-order valence-electron chi connectivity index (χ1n) is 9.86. The standard InChI is InChI=1S/C20H24N4O5/c25-11-20(6-8-21-9-7-20)22-10-12-2-1-3-13-16(12)19(29)24(18(13)28)14-4-5-15(26)23-17(14)27/h1-3,14,21-22,25H,4-11H2,(H,23,26,27). The Morgan fingerprint density at radius 2 is 1.90 bits per heavy atom. The van der Waals surface area contributed by atoms with E-state index in [9.17, 15) is 24.3 Å². The SMILES string of the molecule is O=C1CCC(N2C(=O)c3cccc(CNC4(CO)CCNCC4)c3C2=O)C(=O)N1. The number of carbonyl (C=O) groups is 4. The van der Waals surface area contributed by atoms with Gasteiger partial charge in [-0.2, -0.15) is 0 Å². The molecule has 1 unspecified atom stereocenters. The van der Waals surface area contributed by atoms with E-state index in [0.29, 0.717) is 12.1 Å². The summed E-state index contributed by atoms with van der Waals surface area (Å²) in [5.74, 6) is -2.05. The number of rotatable bonds is 5. The van der Waals surface area contributed by atoms with Gasteiger partial charge in [-0.3, -0.25) is 29.4 Å². The van der Waals surface area contributed by atoms with Crippen LogP contribution in [0.1, 0.15) is 52.0 Å². The lowest BCUT2D eigenvalue weighted by Gasteiger charge is -2.37. The van der Waals surface area contributed by atoms with Crippen LogP contribution in [0.2, 0.25) is 0 Å². The molecule has 0 radical (unpaired) electrons. The second-order valence-corrected chi connectivity index (χ2v) is 7.83. The van der Waals surface area contributed by atoms with Gasteiger partial charge in [-0.25, -0.2) is 0 Å². The first kappa shape index (κ1) is 19.7. The molecule has 3 heterocycles. The van der Waals surface area contributed by atoms with E-state index in [-0.39, 0.29) is 30.6 Å². The number of carbonyl (C=O) groups excluding carboxylic acids is 4. The Morgan fingerprint density at radius 1 is 1.14 bits per heavy atom. The highest BCUT2D eigenvalue weighted by atomic mass is 16.3. The number of amides is 4. The smallest absolute Gasteiger partial charge is 0.262 e. The zero-order valence-corrected chi connectivity index (χ0v) is 16.0. The summed E-state index contributed by atoms with van der Waals surface area (Å²) in [5, 5.41) is 18.7. The van der Waals surface area contributed by atoms with Crippen molar-refractivity contribution < 1.29 is 24.3 Å². The highest BCUT2D eigenvalue weighted by molar-refractivity contribution is 6.24. The Hall–Kier alpha value is -2.62. The number of benzene rings is 1. The van der Waals surface area contributed by atoms with E-state index in [4.69, 9.17) is 0 Å². The fourth-order valence-corrected chi connectivity index (χ4v) is 4.31. The average molecular weight is 400 g/mol. The monoisotopic (exact) mass is 400 g/mol. The number of hydrogen-bond donors (Lipinski definition) is 4. The molecule has 2 saturated heterocycles. The van der Waals surface area contributed by atoms with Crippen molar-refractivity contribution in [2.24, 2.45) is 0 Å². The molecule has 2 fully saturated rings. The van der Waals surface area contributed by atoms with Gasteiger partial charge in [0.15, 0.2) is 0 Å². The lowest BCUT2D eigenvalue weighted by molar-refractivity contribution is -0.136. The molecule has 9 heteroatoms. The molecular weight excluding hydrogens is 376 g/mol. The van der Waals surface area contributed by atoms with Gasteiger partial charge in [0, 0.05) is 18.5 Å². The lowest BCUT2D eigenvalue weighted by atomic mass is 9.88. The number of hydrogen-bond acceptors (Lipinski definition) is 7. The molecule has 0 aliphatic carbocycles. The van der Waals surface area contributed by atoms with Crippen LogP contribution in [0.4, 0.5) is 0 Å². The normalized spacial score (nSPS) is 23.9. The summed E-state index contributed by atoms with van der Waals surface area (Å²) in [7, 11) is 0. The summed E-state index contributed by atoms with van der Waals surface area (Å²) in [5.41, 5.74) is 0.782. The third-order valence-corrected chi connectivity index (χ3v) is 6.07. The molecule has 4 N–H and O–H groups in total. The molecule has 0 spiro atoms. The van der Waals surface area contributed by atoms with Crippen LogP contribution in [0.3, 0.4) is 0 Å².